The molecule has 0 bridgehead atoms. The van der Waals surface area contributed by atoms with Gasteiger partial charge in [0.25, 0.3) is 0 Å². The van der Waals surface area contributed by atoms with E-state index in [0.29, 0.717) is 40.4 Å². The zero-order valence-corrected chi connectivity index (χ0v) is 25.6. The second-order valence-electron chi connectivity index (χ2n) is 10.4. The summed E-state index contributed by atoms with van der Waals surface area (Å²) in [6, 6.07) is 25.6. The number of methoxy groups -OCH3 is 3. The summed E-state index contributed by atoms with van der Waals surface area (Å²) < 4.78 is 33.1. The lowest BCUT2D eigenvalue weighted by Crippen LogP contribution is -2.46. The summed E-state index contributed by atoms with van der Waals surface area (Å²) in [6.45, 7) is 1.98. The minimum atomic E-state index is -0.510. The third-order valence-electron chi connectivity index (χ3n) is 7.82. The van der Waals surface area contributed by atoms with Gasteiger partial charge in [-0.25, -0.2) is 19.1 Å². The molecule has 11 heteroatoms. The number of rotatable bonds is 6. The van der Waals surface area contributed by atoms with Crippen molar-refractivity contribution >= 4 is 46.2 Å². The molecule has 4 aromatic carbocycles. The quantitative estimate of drug-likeness (QED) is 0.208. The number of ether oxygens (including phenoxy) is 3. The third-order valence-corrected chi connectivity index (χ3v) is 8.11. The van der Waals surface area contributed by atoms with Gasteiger partial charge in [0.15, 0.2) is 29.0 Å². The van der Waals surface area contributed by atoms with Gasteiger partial charge in [0, 0.05) is 11.3 Å². The Kier molecular flexibility index (Phi) is 7.13. The fourth-order valence-electron chi connectivity index (χ4n) is 5.83. The van der Waals surface area contributed by atoms with Gasteiger partial charge < -0.3 is 24.4 Å². The Morgan fingerprint density at radius 2 is 1.56 bits per heavy atom. The lowest BCUT2D eigenvalue weighted by molar-refractivity contribution is 0.323. The number of hydrogen-bond acceptors (Lipinski definition) is 8. The number of benzene rings is 4. The van der Waals surface area contributed by atoms with Crippen molar-refractivity contribution in [1.29, 1.82) is 0 Å². The standard InChI is InChI=1S/C34H28ClFN6O3/c1-19-29-30(20-16-27(43-2)31(45-4)28(17-20)44-3)41-26-13-9-8-12-25(26)38-32(37-21-14-15-24(36)23(35)18-21)34(41)39-33(29)42(40-19)22-10-6-5-7-11-22/h5-18,30H,1-4H3,(H,37,38)/t30-/m1/s1. The van der Waals surface area contributed by atoms with Crippen LogP contribution in [-0.2, 0) is 0 Å². The number of para-hydroxylation sites is 3. The Labute approximate surface area is 264 Å². The van der Waals surface area contributed by atoms with E-state index in [2.05, 4.69) is 10.2 Å². The number of halogens is 2. The van der Waals surface area contributed by atoms with Crippen LogP contribution in [-0.4, -0.2) is 42.8 Å². The van der Waals surface area contributed by atoms with Gasteiger partial charge in [-0.2, -0.15) is 5.10 Å². The monoisotopic (exact) mass is 622 g/mol. The molecule has 0 fully saturated rings. The van der Waals surface area contributed by atoms with E-state index < -0.39 is 11.9 Å². The summed E-state index contributed by atoms with van der Waals surface area (Å²) in [5, 5.41) is 8.32. The minimum absolute atomic E-state index is 0.00499. The molecule has 226 valence electrons. The number of amidine groups is 2. The van der Waals surface area contributed by atoms with E-state index in [-0.39, 0.29) is 5.02 Å². The largest absolute Gasteiger partial charge is 0.493 e. The molecule has 2 aliphatic heterocycles. The highest BCUT2D eigenvalue weighted by atomic mass is 35.5. The van der Waals surface area contributed by atoms with E-state index in [0.717, 1.165) is 33.9 Å². The van der Waals surface area contributed by atoms with Crippen molar-refractivity contribution < 1.29 is 18.6 Å². The lowest BCUT2D eigenvalue weighted by atomic mass is 9.92. The summed E-state index contributed by atoms with van der Waals surface area (Å²) in [6.07, 6.45) is 0. The maximum absolute atomic E-state index is 14.1. The average molecular weight is 623 g/mol. The van der Waals surface area contributed by atoms with Crippen molar-refractivity contribution in [2.75, 3.05) is 31.5 Å². The van der Waals surface area contributed by atoms with E-state index in [1.165, 1.54) is 12.1 Å². The van der Waals surface area contributed by atoms with E-state index in [4.69, 9.17) is 40.9 Å². The molecule has 45 heavy (non-hydrogen) atoms. The van der Waals surface area contributed by atoms with Crippen molar-refractivity contribution in [3.05, 3.63) is 113 Å². The molecule has 0 unspecified atom stereocenters. The molecule has 7 rings (SSSR count). The van der Waals surface area contributed by atoms with E-state index >= 15 is 0 Å². The molecule has 0 saturated heterocycles. The number of fused-ring (bicyclic) bond motifs is 4. The number of aromatic nitrogens is 2. The van der Waals surface area contributed by atoms with Gasteiger partial charge in [-0.15, -0.1) is 0 Å². The molecular formula is C34H28ClFN6O3. The average Bonchev–Trinajstić information content (AvgIpc) is 3.40. The van der Waals surface area contributed by atoms with Gasteiger partial charge in [-0.05, 0) is 67.1 Å². The summed E-state index contributed by atoms with van der Waals surface area (Å²) in [5.41, 5.74) is 5.54. The van der Waals surface area contributed by atoms with Gasteiger partial charge >= 0.3 is 0 Å². The van der Waals surface area contributed by atoms with Crippen molar-refractivity contribution in [2.45, 2.75) is 13.0 Å². The maximum atomic E-state index is 14.1. The highest BCUT2D eigenvalue weighted by molar-refractivity contribution is 6.51. The van der Waals surface area contributed by atoms with Crippen LogP contribution in [0.5, 0.6) is 17.2 Å². The lowest BCUT2D eigenvalue weighted by Gasteiger charge is -2.40. The zero-order chi connectivity index (χ0) is 31.2. The van der Waals surface area contributed by atoms with Crippen molar-refractivity contribution in [1.82, 2.24) is 9.78 Å². The Morgan fingerprint density at radius 1 is 0.844 bits per heavy atom. The number of aryl methyl sites for hydroxylation is 1. The fourth-order valence-corrected chi connectivity index (χ4v) is 6.01. The SMILES string of the molecule is COc1cc([C@@H]2c3c(C)nn(-c4ccccc4)c3N=C3C(Nc4ccc(F)c(Cl)c4)=Nc4ccccc4N32)cc(OC)c1OC. The van der Waals surface area contributed by atoms with Crippen LogP contribution in [0.25, 0.3) is 5.69 Å². The molecule has 0 amide bonds. The van der Waals surface area contributed by atoms with Crippen molar-refractivity contribution in [2.24, 2.45) is 9.98 Å². The zero-order valence-electron chi connectivity index (χ0n) is 24.9. The Hall–Kier alpha value is -5.35. The molecule has 0 aliphatic carbocycles. The molecular weight excluding hydrogens is 595 g/mol. The van der Waals surface area contributed by atoms with Gasteiger partial charge in [0.2, 0.25) is 5.75 Å². The predicted molar refractivity (Wildman–Crippen MR) is 174 cm³/mol. The normalized spacial score (nSPS) is 14.9. The number of nitrogens with one attached hydrogen (secondary N) is 1. The van der Waals surface area contributed by atoms with Gasteiger partial charge in [-0.3, -0.25) is 0 Å². The molecule has 1 N–H and O–H groups in total. The van der Waals surface area contributed by atoms with Crippen LogP contribution in [0.15, 0.2) is 94.9 Å². The van der Waals surface area contributed by atoms with Crippen LogP contribution in [0, 0.1) is 12.7 Å². The van der Waals surface area contributed by atoms with Gasteiger partial charge in [-0.1, -0.05) is 41.9 Å². The second kappa shape index (κ2) is 11.3. The number of nitrogens with zero attached hydrogens (tertiary/aromatic N) is 5. The van der Waals surface area contributed by atoms with E-state index in [1.807, 2.05) is 78.3 Å². The van der Waals surface area contributed by atoms with Crippen molar-refractivity contribution in [3.63, 3.8) is 0 Å². The fraction of sp³-hybridized carbons (Fsp3) is 0.147. The van der Waals surface area contributed by atoms with Gasteiger partial charge in [0.1, 0.15) is 5.82 Å². The first-order valence-electron chi connectivity index (χ1n) is 14.1. The van der Waals surface area contributed by atoms with Crippen LogP contribution in [0.3, 0.4) is 0 Å². The molecule has 1 atom stereocenters. The van der Waals surface area contributed by atoms with Crippen LogP contribution >= 0.6 is 11.6 Å². The molecule has 3 heterocycles. The molecule has 0 saturated carbocycles. The summed E-state index contributed by atoms with van der Waals surface area (Å²) in [4.78, 5) is 12.3. The Balaban J connectivity index is 1.51. The first-order valence-corrected chi connectivity index (χ1v) is 14.5. The smallest absolute Gasteiger partial charge is 0.203 e. The van der Waals surface area contributed by atoms with Crippen molar-refractivity contribution in [3.8, 4) is 22.9 Å². The van der Waals surface area contributed by atoms with Crippen LogP contribution < -0.4 is 24.4 Å². The molecule has 1 aromatic heterocycles. The molecule has 5 aromatic rings. The first-order chi connectivity index (χ1) is 21.9. The topological polar surface area (TPSA) is 85.5 Å². The molecule has 0 spiro atoms. The molecule has 0 radical (unpaired) electrons. The van der Waals surface area contributed by atoms with Crippen LogP contribution in [0.1, 0.15) is 22.9 Å². The number of hydrogen-bond donors (Lipinski definition) is 1. The maximum Gasteiger partial charge on any atom is 0.203 e. The minimum Gasteiger partial charge on any atom is -0.493 e. The first kappa shape index (κ1) is 28.4. The Morgan fingerprint density at radius 3 is 2.24 bits per heavy atom. The summed E-state index contributed by atoms with van der Waals surface area (Å²) in [7, 11) is 4.77. The number of anilines is 2. The predicted octanol–water partition coefficient (Wildman–Crippen LogP) is 7.79. The Bertz CT molecular complexity index is 1980. The van der Waals surface area contributed by atoms with E-state index in [9.17, 15) is 4.39 Å². The van der Waals surface area contributed by atoms with E-state index in [1.54, 1.807) is 27.4 Å². The molecule has 9 nitrogen and oxygen atoms in total. The van der Waals surface area contributed by atoms with Crippen LogP contribution in [0.4, 0.5) is 27.3 Å². The third kappa shape index (κ3) is 4.74. The van der Waals surface area contributed by atoms with Crippen LogP contribution in [0.2, 0.25) is 5.02 Å². The van der Waals surface area contributed by atoms with Gasteiger partial charge in [0.05, 0.1) is 55.1 Å². The summed E-state index contributed by atoms with van der Waals surface area (Å²) in [5.74, 6) is 2.66. The summed E-state index contributed by atoms with van der Waals surface area (Å²) >= 11 is 6.15. The highest BCUT2D eigenvalue weighted by Gasteiger charge is 2.42. The second-order valence-corrected chi connectivity index (χ2v) is 10.8. The molecule has 2 aliphatic rings. The highest BCUT2D eigenvalue weighted by Crippen LogP contribution is 2.50. The number of aliphatic imine (C=N–C) groups is 2.